The summed E-state index contributed by atoms with van der Waals surface area (Å²) in [6.45, 7) is 5.05. The van der Waals surface area contributed by atoms with Crippen molar-refractivity contribution in [1.82, 2.24) is 19.2 Å². The van der Waals surface area contributed by atoms with Crippen molar-refractivity contribution in [2.45, 2.75) is 13.3 Å². The quantitative estimate of drug-likeness (QED) is 0.518. The van der Waals surface area contributed by atoms with Crippen LogP contribution in [0.2, 0.25) is 0 Å². The SMILES string of the molecule is C=C/C(=C\C(=C/C)C(F)F)c1cc(C(=O)Nc2ccc3cccnc3n2)n(SF)n1. The first kappa shape index (κ1) is 21.3. The Morgan fingerprint density at radius 3 is 2.80 bits per heavy atom. The second-order valence-electron chi connectivity index (χ2n) is 5.95. The van der Waals surface area contributed by atoms with E-state index in [9.17, 15) is 17.5 Å². The molecular weight excluding hydrogens is 415 g/mol. The highest BCUT2D eigenvalue weighted by atomic mass is 32.2. The zero-order chi connectivity index (χ0) is 21.7. The van der Waals surface area contributed by atoms with Crippen molar-refractivity contribution in [1.29, 1.82) is 0 Å². The number of halogens is 3. The van der Waals surface area contributed by atoms with Crippen LogP contribution < -0.4 is 5.32 Å². The first-order chi connectivity index (χ1) is 14.5. The summed E-state index contributed by atoms with van der Waals surface area (Å²) in [7, 11) is 0. The van der Waals surface area contributed by atoms with Crippen molar-refractivity contribution in [3.05, 3.63) is 78.3 Å². The minimum Gasteiger partial charge on any atom is -0.305 e. The van der Waals surface area contributed by atoms with Gasteiger partial charge in [0.1, 0.15) is 11.5 Å². The van der Waals surface area contributed by atoms with Crippen LogP contribution in [0.3, 0.4) is 0 Å². The van der Waals surface area contributed by atoms with Crippen molar-refractivity contribution in [2.75, 3.05) is 5.32 Å². The maximum Gasteiger partial charge on any atom is 0.276 e. The van der Waals surface area contributed by atoms with Gasteiger partial charge in [-0.1, -0.05) is 18.7 Å². The fourth-order valence-corrected chi connectivity index (χ4v) is 2.93. The van der Waals surface area contributed by atoms with Gasteiger partial charge in [-0.3, -0.25) is 4.79 Å². The van der Waals surface area contributed by atoms with Gasteiger partial charge in [0.2, 0.25) is 0 Å². The number of amides is 1. The van der Waals surface area contributed by atoms with Gasteiger partial charge in [-0.25, -0.2) is 18.7 Å². The lowest BCUT2D eigenvalue weighted by Gasteiger charge is -2.05. The minimum atomic E-state index is -2.70. The number of fused-ring (bicyclic) bond motifs is 1. The molecule has 0 aromatic carbocycles. The molecular formula is C20H16F3N5OS. The molecule has 3 rings (SSSR count). The van der Waals surface area contributed by atoms with Gasteiger partial charge in [-0.2, -0.15) is 9.19 Å². The number of allylic oxidation sites excluding steroid dienone is 5. The molecule has 6 nitrogen and oxygen atoms in total. The first-order valence-corrected chi connectivity index (χ1v) is 9.35. The van der Waals surface area contributed by atoms with Gasteiger partial charge in [0.05, 0.1) is 5.69 Å². The number of anilines is 1. The van der Waals surface area contributed by atoms with E-state index < -0.39 is 12.3 Å². The lowest BCUT2D eigenvalue weighted by Crippen LogP contribution is -2.16. The van der Waals surface area contributed by atoms with Crippen molar-refractivity contribution in [3.8, 4) is 0 Å². The summed E-state index contributed by atoms with van der Waals surface area (Å²) in [4.78, 5) is 21.0. The predicted molar refractivity (Wildman–Crippen MR) is 112 cm³/mol. The third kappa shape index (κ3) is 4.60. The molecule has 3 aromatic rings. The molecule has 3 aromatic heterocycles. The van der Waals surface area contributed by atoms with Gasteiger partial charge in [0.15, 0.2) is 18.0 Å². The van der Waals surface area contributed by atoms with Gasteiger partial charge >= 0.3 is 0 Å². The Hall–Kier alpha value is -3.40. The molecule has 154 valence electrons. The molecule has 0 aliphatic rings. The third-order valence-corrected chi connectivity index (χ3v) is 4.51. The highest BCUT2D eigenvalue weighted by Gasteiger charge is 2.19. The summed E-state index contributed by atoms with van der Waals surface area (Å²) in [5, 5.41) is 7.31. The fourth-order valence-electron chi connectivity index (χ4n) is 2.60. The summed E-state index contributed by atoms with van der Waals surface area (Å²) in [6, 6.07) is 8.19. The van der Waals surface area contributed by atoms with E-state index in [0.29, 0.717) is 5.65 Å². The van der Waals surface area contributed by atoms with Crippen LogP contribution >= 0.6 is 12.3 Å². The fraction of sp³-hybridized carbons (Fsp3) is 0.100. The number of hydrogen-bond acceptors (Lipinski definition) is 5. The molecule has 0 aliphatic heterocycles. The Kier molecular flexibility index (Phi) is 6.68. The monoisotopic (exact) mass is 431 g/mol. The topological polar surface area (TPSA) is 72.7 Å². The maximum absolute atomic E-state index is 13.4. The molecule has 0 spiro atoms. The van der Waals surface area contributed by atoms with E-state index >= 15 is 0 Å². The molecule has 0 fully saturated rings. The molecule has 0 radical (unpaired) electrons. The van der Waals surface area contributed by atoms with Crippen LogP contribution in [-0.2, 0) is 0 Å². The Morgan fingerprint density at radius 2 is 2.13 bits per heavy atom. The highest BCUT2D eigenvalue weighted by Crippen LogP contribution is 2.24. The molecule has 10 heteroatoms. The Bertz CT molecular complexity index is 1160. The maximum atomic E-state index is 13.4. The molecule has 0 saturated heterocycles. The number of carbonyl (C=O) groups excluding carboxylic acids is 1. The van der Waals surface area contributed by atoms with E-state index in [-0.39, 0.29) is 40.7 Å². The van der Waals surface area contributed by atoms with Crippen LogP contribution in [0.25, 0.3) is 16.6 Å². The molecule has 0 saturated carbocycles. The van der Waals surface area contributed by atoms with Crippen molar-refractivity contribution < 1.29 is 17.5 Å². The summed E-state index contributed by atoms with van der Waals surface area (Å²) in [5.74, 6) is -0.456. The Balaban J connectivity index is 1.91. The van der Waals surface area contributed by atoms with E-state index in [2.05, 4.69) is 27.0 Å². The molecule has 0 unspecified atom stereocenters. The number of hydrogen-bond donors (Lipinski definition) is 1. The lowest BCUT2D eigenvalue weighted by atomic mass is 10.1. The normalized spacial score (nSPS) is 12.4. The van der Waals surface area contributed by atoms with Crippen molar-refractivity contribution in [3.63, 3.8) is 0 Å². The van der Waals surface area contributed by atoms with Gasteiger partial charge in [0, 0.05) is 22.7 Å². The van der Waals surface area contributed by atoms with Gasteiger partial charge in [-0.15, -0.1) is 3.89 Å². The standard InChI is InChI=1S/C20H16F3N5OS/c1-3-12(10-13(4-2)18(21)22)15-11-16(28(27-15)30-23)20(29)26-17-8-7-14-6-5-9-24-19(14)25-17/h3-11,18H,1H2,2H3,(H,24,25,26,29)/b12-10+,13-4+. The second-order valence-corrected chi connectivity index (χ2v) is 6.43. The van der Waals surface area contributed by atoms with E-state index in [1.165, 1.54) is 31.2 Å². The smallest absolute Gasteiger partial charge is 0.276 e. The van der Waals surface area contributed by atoms with E-state index in [4.69, 9.17) is 0 Å². The number of nitrogens with one attached hydrogen (secondary N) is 1. The summed E-state index contributed by atoms with van der Waals surface area (Å²) >= 11 is -0.296. The first-order valence-electron chi connectivity index (χ1n) is 8.68. The predicted octanol–water partition coefficient (Wildman–Crippen LogP) is 5.24. The molecule has 0 bridgehead atoms. The molecule has 3 heterocycles. The zero-order valence-corrected chi connectivity index (χ0v) is 16.5. The van der Waals surface area contributed by atoms with Crippen LogP contribution in [0.1, 0.15) is 23.1 Å². The van der Waals surface area contributed by atoms with Crippen LogP contribution in [0.4, 0.5) is 18.5 Å². The molecule has 1 N–H and O–H groups in total. The third-order valence-electron chi connectivity index (χ3n) is 4.10. The van der Waals surface area contributed by atoms with Crippen molar-refractivity contribution in [2.24, 2.45) is 0 Å². The van der Waals surface area contributed by atoms with Crippen LogP contribution in [0, 0.1) is 0 Å². The van der Waals surface area contributed by atoms with E-state index in [0.717, 1.165) is 9.47 Å². The molecule has 0 atom stereocenters. The largest absolute Gasteiger partial charge is 0.305 e. The van der Waals surface area contributed by atoms with Crippen molar-refractivity contribution >= 4 is 40.7 Å². The molecule has 1 amide bonds. The molecule has 0 aliphatic carbocycles. The number of rotatable bonds is 7. The summed E-state index contributed by atoms with van der Waals surface area (Å²) < 4.78 is 40.2. The minimum absolute atomic E-state index is 0.119. The average Bonchev–Trinajstić information content (AvgIpc) is 3.18. The van der Waals surface area contributed by atoms with Gasteiger partial charge in [-0.05, 0) is 43.3 Å². The zero-order valence-electron chi connectivity index (χ0n) is 15.7. The molecule has 30 heavy (non-hydrogen) atoms. The van der Waals surface area contributed by atoms with E-state index in [1.807, 2.05) is 6.07 Å². The lowest BCUT2D eigenvalue weighted by molar-refractivity contribution is 0.102. The Morgan fingerprint density at radius 1 is 1.33 bits per heavy atom. The number of pyridine rings is 2. The summed E-state index contributed by atoms with van der Waals surface area (Å²) in [5.41, 5.74) is 0.400. The number of nitrogens with zero attached hydrogens (tertiary/aromatic N) is 4. The Labute approximate surface area is 174 Å². The van der Waals surface area contributed by atoms with Crippen LogP contribution in [-0.4, -0.2) is 31.5 Å². The summed E-state index contributed by atoms with van der Waals surface area (Å²) in [6.07, 6.45) is 2.62. The highest BCUT2D eigenvalue weighted by molar-refractivity contribution is 7.92. The van der Waals surface area contributed by atoms with Gasteiger partial charge in [0.25, 0.3) is 12.3 Å². The number of alkyl halides is 2. The van der Waals surface area contributed by atoms with Gasteiger partial charge < -0.3 is 5.32 Å². The average molecular weight is 431 g/mol. The number of carbonyl (C=O) groups is 1. The number of aromatic nitrogens is 4. The van der Waals surface area contributed by atoms with Crippen LogP contribution in [0.15, 0.2) is 66.9 Å². The van der Waals surface area contributed by atoms with E-state index in [1.54, 1.807) is 24.4 Å². The second kappa shape index (κ2) is 9.40. The van der Waals surface area contributed by atoms with Crippen LogP contribution in [0.5, 0.6) is 0 Å².